The summed E-state index contributed by atoms with van der Waals surface area (Å²) in [4.78, 5) is 18.9. The first kappa shape index (κ1) is 26.6. The highest BCUT2D eigenvalue weighted by Crippen LogP contribution is 2.37. The molecule has 1 unspecified atom stereocenters. The fourth-order valence-corrected chi connectivity index (χ4v) is 6.32. The summed E-state index contributed by atoms with van der Waals surface area (Å²) in [5, 5.41) is 0.383. The van der Waals surface area contributed by atoms with Gasteiger partial charge in [0.1, 0.15) is 11.6 Å². The van der Waals surface area contributed by atoms with Gasteiger partial charge in [0, 0.05) is 37.8 Å². The summed E-state index contributed by atoms with van der Waals surface area (Å²) in [5.74, 6) is 1.59. The number of aromatic nitrogens is 4. The third kappa shape index (κ3) is 5.18. The van der Waals surface area contributed by atoms with Crippen molar-refractivity contribution in [2.75, 3.05) is 24.6 Å². The Balaban J connectivity index is 1.46. The van der Waals surface area contributed by atoms with E-state index >= 15 is 0 Å². The van der Waals surface area contributed by atoms with Gasteiger partial charge in [0.05, 0.1) is 17.7 Å². The first-order valence-corrected chi connectivity index (χ1v) is 13.9. The van der Waals surface area contributed by atoms with Crippen LogP contribution < -0.4 is 4.90 Å². The maximum atomic E-state index is 13.9. The molecule has 10 heteroatoms. The first-order valence-electron chi connectivity index (χ1n) is 13.1. The van der Waals surface area contributed by atoms with Crippen LogP contribution in [0.5, 0.6) is 0 Å². The van der Waals surface area contributed by atoms with Gasteiger partial charge in [-0.15, -0.1) is 0 Å². The molecule has 0 bridgehead atoms. The summed E-state index contributed by atoms with van der Waals surface area (Å²) in [5.41, 5.74) is 2.56. The van der Waals surface area contributed by atoms with Crippen molar-refractivity contribution in [1.82, 2.24) is 24.4 Å². The monoisotopic (exact) mass is 548 g/mol. The molecule has 3 aromatic rings. The molecule has 37 heavy (non-hydrogen) atoms. The number of piperazine rings is 1. The van der Waals surface area contributed by atoms with Gasteiger partial charge < -0.3 is 14.2 Å². The number of fused-ring (bicyclic) bond motifs is 1. The Morgan fingerprint density at radius 2 is 1.89 bits per heavy atom. The van der Waals surface area contributed by atoms with Gasteiger partial charge in [-0.3, -0.25) is 4.90 Å². The van der Waals surface area contributed by atoms with Crippen molar-refractivity contribution in [3.63, 3.8) is 0 Å². The molecule has 0 saturated carbocycles. The summed E-state index contributed by atoms with van der Waals surface area (Å²) < 4.78 is 21.9. The number of aryl methyl sites for hydroxylation is 1. The van der Waals surface area contributed by atoms with Crippen LogP contribution in [0.25, 0.3) is 11.2 Å². The van der Waals surface area contributed by atoms with Gasteiger partial charge in [-0.1, -0.05) is 31.5 Å². The number of benzene rings is 1. The van der Waals surface area contributed by atoms with Gasteiger partial charge >= 0.3 is 0 Å². The SMILES string of the molecule is Cc1nc2c(N3C[C@@H](C)N(C(c4ccc(F)c(Cl)c4)C(C)C)C[C@@H]3C)nc(Cl)nc2n1C[C@@H]1CCCO1. The van der Waals surface area contributed by atoms with E-state index in [0.29, 0.717) is 12.5 Å². The second-order valence-corrected chi connectivity index (χ2v) is 11.5. The average molecular weight is 550 g/mol. The Kier molecular flexibility index (Phi) is 7.65. The largest absolute Gasteiger partial charge is 0.376 e. The van der Waals surface area contributed by atoms with Gasteiger partial charge in [0.15, 0.2) is 17.0 Å². The average Bonchev–Trinajstić information content (AvgIpc) is 3.46. The molecular weight excluding hydrogens is 514 g/mol. The van der Waals surface area contributed by atoms with Gasteiger partial charge in [-0.25, -0.2) is 9.37 Å². The predicted octanol–water partition coefficient (Wildman–Crippen LogP) is 6.06. The number of anilines is 1. The molecule has 5 rings (SSSR count). The molecule has 2 aromatic heterocycles. The zero-order chi connectivity index (χ0) is 26.4. The van der Waals surface area contributed by atoms with E-state index in [1.54, 1.807) is 6.07 Å². The topological polar surface area (TPSA) is 59.3 Å². The Morgan fingerprint density at radius 1 is 1.11 bits per heavy atom. The highest BCUT2D eigenvalue weighted by atomic mass is 35.5. The van der Waals surface area contributed by atoms with Gasteiger partial charge in [0.2, 0.25) is 5.28 Å². The maximum absolute atomic E-state index is 13.9. The van der Waals surface area contributed by atoms with E-state index in [2.05, 4.69) is 52.0 Å². The summed E-state index contributed by atoms with van der Waals surface area (Å²) in [6.45, 7) is 13.9. The quantitative estimate of drug-likeness (QED) is 0.349. The van der Waals surface area contributed by atoms with E-state index in [1.807, 2.05) is 13.0 Å². The Labute approximate surface area is 227 Å². The van der Waals surface area contributed by atoms with Crippen LogP contribution in [0.1, 0.15) is 58.0 Å². The van der Waals surface area contributed by atoms with Crippen LogP contribution in [-0.2, 0) is 11.3 Å². The molecule has 0 radical (unpaired) electrons. The third-order valence-electron chi connectivity index (χ3n) is 7.73. The number of imidazole rings is 1. The number of rotatable bonds is 6. The van der Waals surface area contributed by atoms with Gasteiger partial charge in [-0.2, -0.15) is 9.97 Å². The molecule has 200 valence electrons. The lowest BCUT2D eigenvalue weighted by Gasteiger charge is -2.49. The van der Waals surface area contributed by atoms with Gasteiger partial charge in [-0.05, 0) is 68.8 Å². The van der Waals surface area contributed by atoms with Crippen LogP contribution in [0.15, 0.2) is 18.2 Å². The molecule has 0 N–H and O–H groups in total. The number of hydrogen-bond donors (Lipinski definition) is 0. The van der Waals surface area contributed by atoms with Crippen LogP contribution in [0.3, 0.4) is 0 Å². The lowest BCUT2D eigenvalue weighted by Crippen LogP contribution is -2.58. The fraction of sp³-hybridized carbons (Fsp3) is 0.593. The molecule has 7 nitrogen and oxygen atoms in total. The first-order chi connectivity index (χ1) is 17.6. The fourth-order valence-electron chi connectivity index (χ4n) is 5.97. The Hall–Kier alpha value is -2.00. The van der Waals surface area contributed by atoms with Crippen LogP contribution in [0, 0.1) is 18.7 Å². The Bertz CT molecular complexity index is 1280. The van der Waals surface area contributed by atoms with E-state index in [0.717, 1.165) is 60.9 Å². The molecule has 0 aliphatic carbocycles. The van der Waals surface area contributed by atoms with Crippen molar-refractivity contribution in [2.45, 2.75) is 78.2 Å². The zero-order valence-corrected chi connectivity index (χ0v) is 23.6. The van der Waals surface area contributed by atoms with E-state index < -0.39 is 5.82 Å². The minimum atomic E-state index is -0.391. The summed E-state index contributed by atoms with van der Waals surface area (Å²) in [7, 11) is 0. The predicted molar refractivity (Wildman–Crippen MR) is 146 cm³/mol. The number of hydrogen-bond acceptors (Lipinski definition) is 6. The van der Waals surface area contributed by atoms with Gasteiger partial charge in [0.25, 0.3) is 0 Å². The standard InChI is InChI=1S/C27H35Cl2FN6O/c1-15(2)24(19-8-9-22(30)21(28)11-19)34-12-17(4)35(13-16(34)3)25-23-26(33-27(29)32-25)36(18(5)31-23)14-20-7-6-10-37-20/h8-9,11,15-17,20,24H,6-7,10,12-14H2,1-5H3/t16-,17+,20+,24?/m1/s1. The maximum Gasteiger partial charge on any atom is 0.226 e. The second kappa shape index (κ2) is 10.6. The molecule has 2 fully saturated rings. The lowest BCUT2D eigenvalue weighted by atomic mass is 9.91. The smallest absolute Gasteiger partial charge is 0.226 e. The normalized spacial score (nSPS) is 23.9. The summed E-state index contributed by atoms with van der Waals surface area (Å²) in [6.07, 6.45) is 2.29. The van der Waals surface area contributed by atoms with Crippen molar-refractivity contribution in [3.8, 4) is 0 Å². The summed E-state index contributed by atoms with van der Waals surface area (Å²) in [6, 6.07) is 5.54. The molecule has 2 aliphatic heterocycles. The van der Waals surface area contributed by atoms with E-state index in [9.17, 15) is 4.39 Å². The van der Waals surface area contributed by atoms with Crippen molar-refractivity contribution < 1.29 is 9.13 Å². The van der Waals surface area contributed by atoms with E-state index in [4.69, 9.17) is 32.9 Å². The Morgan fingerprint density at radius 3 is 2.57 bits per heavy atom. The summed E-state index contributed by atoms with van der Waals surface area (Å²) >= 11 is 12.6. The highest BCUT2D eigenvalue weighted by molar-refractivity contribution is 6.30. The van der Waals surface area contributed by atoms with Crippen molar-refractivity contribution >= 4 is 40.2 Å². The zero-order valence-electron chi connectivity index (χ0n) is 22.1. The molecular formula is C27H35Cl2FN6O. The van der Waals surface area contributed by atoms with Crippen molar-refractivity contribution in [2.24, 2.45) is 5.92 Å². The second-order valence-electron chi connectivity index (χ2n) is 10.8. The van der Waals surface area contributed by atoms with E-state index in [-0.39, 0.29) is 34.5 Å². The number of halogens is 3. The third-order valence-corrected chi connectivity index (χ3v) is 8.19. The van der Waals surface area contributed by atoms with Crippen LogP contribution >= 0.6 is 23.2 Å². The molecule has 0 amide bonds. The number of nitrogens with zero attached hydrogens (tertiary/aromatic N) is 6. The van der Waals surface area contributed by atoms with Crippen LogP contribution in [-0.4, -0.2) is 62.3 Å². The molecule has 4 atom stereocenters. The molecule has 2 saturated heterocycles. The number of ether oxygens (including phenoxy) is 1. The van der Waals surface area contributed by atoms with Crippen LogP contribution in [0.4, 0.5) is 10.2 Å². The minimum absolute atomic E-state index is 0.111. The molecule has 0 spiro atoms. The minimum Gasteiger partial charge on any atom is -0.376 e. The molecule has 4 heterocycles. The van der Waals surface area contributed by atoms with Crippen LogP contribution in [0.2, 0.25) is 10.3 Å². The molecule has 1 aromatic carbocycles. The van der Waals surface area contributed by atoms with Crippen molar-refractivity contribution in [1.29, 1.82) is 0 Å². The van der Waals surface area contributed by atoms with E-state index in [1.165, 1.54) is 6.07 Å². The molecule has 2 aliphatic rings. The van der Waals surface area contributed by atoms with Crippen molar-refractivity contribution in [3.05, 3.63) is 45.7 Å². The lowest BCUT2D eigenvalue weighted by molar-refractivity contribution is 0.0821. The highest BCUT2D eigenvalue weighted by Gasteiger charge is 2.37.